The number of aromatic nitrogens is 1. The number of halogens is 1. The number of ether oxygens (including phenoxy) is 2. The van der Waals surface area contributed by atoms with Crippen LogP contribution in [0, 0.1) is 0 Å². The van der Waals surface area contributed by atoms with Crippen LogP contribution < -0.4 is 9.47 Å². The molecule has 3 heterocycles. The van der Waals surface area contributed by atoms with Crippen LogP contribution in [0.5, 0.6) is 11.5 Å². The number of pyridine rings is 1. The summed E-state index contributed by atoms with van der Waals surface area (Å²) in [5, 5.41) is 7.68. The molecule has 0 fully saturated rings. The highest BCUT2D eigenvalue weighted by Crippen LogP contribution is 2.50. The van der Waals surface area contributed by atoms with Crippen molar-refractivity contribution in [1.29, 1.82) is 0 Å². The lowest BCUT2D eigenvalue weighted by atomic mass is 9.95. The van der Waals surface area contributed by atoms with Gasteiger partial charge in [0.2, 0.25) is 6.23 Å². The van der Waals surface area contributed by atoms with Gasteiger partial charge in [0.05, 0.1) is 18.9 Å². The molecule has 0 unspecified atom stereocenters. The standard InChI is InChI=1S/C22H18ClN3O2/c1-27-20-6-2-5-17-19-12-18(14-7-9-16(23)10-8-14)25-26(19)22(28-21(17)20)15-4-3-11-24-13-15/h2-11,13,19,22H,12H2,1H3/t19-,22-/m0/s1. The van der Waals surface area contributed by atoms with Gasteiger partial charge >= 0.3 is 0 Å². The third-order valence-corrected chi connectivity index (χ3v) is 5.40. The van der Waals surface area contributed by atoms with Gasteiger partial charge in [-0.25, -0.2) is 5.01 Å². The molecule has 5 nitrogen and oxygen atoms in total. The predicted molar refractivity (Wildman–Crippen MR) is 108 cm³/mol. The smallest absolute Gasteiger partial charge is 0.215 e. The lowest BCUT2D eigenvalue weighted by Gasteiger charge is -2.38. The Morgan fingerprint density at radius 2 is 1.96 bits per heavy atom. The third-order valence-electron chi connectivity index (χ3n) is 5.15. The lowest BCUT2D eigenvalue weighted by molar-refractivity contribution is -0.0211. The molecule has 0 bridgehead atoms. The molecule has 0 amide bonds. The molecule has 2 aliphatic rings. The molecule has 6 heteroatoms. The second-order valence-electron chi connectivity index (χ2n) is 6.79. The van der Waals surface area contributed by atoms with E-state index in [4.69, 9.17) is 26.2 Å². The zero-order valence-electron chi connectivity index (χ0n) is 15.2. The molecule has 28 heavy (non-hydrogen) atoms. The van der Waals surface area contributed by atoms with Crippen molar-refractivity contribution in [3.8, 4) is 11.5 Å². The molecular weight excluding hydrogens is 374 g/mol. The average molecular weight is 392 g/mol. The minimum absolute atomic E-state index is 0.0646. The first-order chi connectivity index (χ1) is 13.7. The topological polar surface area (TPSA) is 47.0 Å². The van der Waals surface area contributed by atoms with E-state index in [-0.39, 0.29) is 12.3 Å². The first kappa shape index (κ1) is 17.1. The van der Waals surface area contributed by atoms with Crippen LogP contribution >= 0.6 is 11.6 Å². The van der Waals surface area contributed by atoms with Crippen molar-refractivity contribution in [3.05, 3.63) is 88.7 Å². The van der Waals surface area contributed by atoms with E-state index in [0.29, 0.717) is 5.02 Å². The molecule has 0 aliphatic carbocycles. The van der Waals surface area contributed by atoms with E-state index in [9.17, 15) is 0 Å². The summed E-state index contributed by atoms with van der Waals surface area (Å²) in [6, 6.07) is 17.8. The summed E-state index contributed by atoms with van der Waals surface area (Å²) in [5.41, 5.74) is 4.10. The summed E-state index contributed by atoms with van der Waals surface area (Å²) >= 11 is 6.05. The molecule has 0 saturated carbocycles. The van der Waals surface area contributed by atoms with Crippen LogP contribution in [0.4, 0.5) is 0 Å². The van der Waals surface area contributed by atoms with Crippen molar-refractivity contribution in [1.82, 2.24) is 9.99 Å². The van der Waals surface area contributed by atoms with Crippen molar-refractivity contribution in [2.24, 2.45) is 5.10 Å². The first-order valence-electron chi connectivity index (χ1n) is 9.10. The summed E-state index contributed by atoms with van der Waals surface area (Å²) in [6.45, 7) is 0. The zero-order valence-corrected chi connectivity index (χ0v) is 16.0. The van der Waals surface area contributed by atoms with Gasteiger partial charge in [0.25, 0.3) is 0 Å². The molecule has 0 saturated heterocycles. The van der Waals surface area contributed by atoms with Crippen LogP contribution in [0.2, 0.25) is 5.02 Å². The van der Waals surface area contributed by atoms with Gasteiger partial charge in [0.15, 0.2) is 11.5 Å². The highest BCUT2D eigenvalue weighted by Gasteiger charge is 2.42. The van der Waals surface area contributed by atoms with Crippen LogP contribution in [-0.4, -0.2) is 22.8 Å². The molecule has 0 radical (unpaired) electrons. The van der Waals surface area contributed by atoms with E-state index in [1.807, 2.05) is 59.7 Å². The van der Waals surface area contributed by atoms with Crippen LogP contribution in [-0.2, 0) is 0 Å². The van der Waals surface area contributed by atoms with Gasteiger partial charge in [-0.2, -0.15) is 5.10 Å². The van der Waals surface area contributed by atoms with Gasteiger partial charge in [0.1, 0.15) is 0 Å². The SMILES string of the molecule is COc1cccc2c1O[C@@H](c1cccnc1)N1N=C(c3ccc(Cl)cc3)C[C@@H]21. The third kappa shape index (κ3) is 2.79. The summed E-state index contributed by atoms with van der Waals surface area (Å²) in [7, 11) is 1.66. The molecule has 1 aromatic heterocycles. The second kappa shape index (κ2) is 6.84. The Balaban J connectivity index is 1.61. The number of para-hydroxylation sites is 1. The predicted octanol–water partition coefficient (Wildman–Crippen LogP) is 4.99. The highest BCUT2D eigenvalue weighted by atomic mass is 35.5. The minimum atomic E-state index is -0.368. The number of hydrogen-bond donors (Lipinski definition) is 0. The van der Waals surface area contributed by atoms with Crippen molar-refractivity contribution in [2.45, 2.75) is 18.7 Å². The van der Waals surface area contributed by atoms with Gasteiger partial charge in [-0.3, -0.25) is 4.98 Å². The number of nitrogens with zero attached hydrogens (tertiary/aromatic N) is 3. The van der Waals surface area contributed by atoms with Crippen molar-refractivity contribution in [3.63, 3.8) is 0 Å². The van der Waals surface area contributed by atoms with Crippen molar-refractivity contribution in [2.75, 3.05) is 7.11 Å². The average Bonchev–Trinajstić information content (AvgIpc) is 3.19. The van der Waals surface area contributed by atoms with Gasteiger partial charge in [-0.1, -0.05) is 41.9 Å². The molecule has 0 N–H and O–H groups in total. The van der Waals surface area contributed by atoms with Crippen LogP contribution in [0.1, 0.15) is 35.4 Å². The number of hydrogen-bond acceptors (Lipinski definition) is 5. The fourth-order valence-electron chi connectivity index (χ4n) is 3.80. The number of rotatable bonds is 3. The Morgan fingerprint density at radius 1 is 1.11 bits per heavy atom. The molecule has 0 spiro atoms. The maximum absolute atomic E-state index is 6.39. The van der Waals surface area contributed by atoms with Crippen LogP contribution in [0.25, 0.3) is 0 Å². The Hall–Kier alpha value is -3.05. The minimum Gasteiger partial charge on any atom is -0.493 e. The monoisotopic (exact) mass is 391 g/mol. The molecule has 5 rings (SSSR count). The number of fused-ring (bicyclic) bond motifs is 3. The second-order valence-corrected chi connectivity index (χ2v) is 7.23. The van der Waals surface area contributed by atoms with E-state index in [0.717, 1.165) is 40.3 Å². The largest absolute Gasteiger partial charge is 0.493 e. The fourth-order valence-corrected chi connectivity index (χ4v) is 3.93. The summed E-state index contributed by atoms with van der Waals surface area (Å²) < 4.78 is 11.9. The summed E-state index contributed by atoms with van der Waals surface area (Å²) in [4.78, 5) is 4.26. The first-order valence-corrected chi connectivity index (χ1v) is 9.47. The summed E-state index contributed by atoms with van der Waals surface area (Å²) in [6.07, 6.45) is 3.98. The quantitative estimate of drug-likeness (QED) is 0.631. The molecule has 3 aromatic rings. The van der Waals surface area contributed by atoms with Crippen molar-refractivity contribution < 1.29 is 9.47 Å². The number of methoxy groups -OCH3 is 1. The molecule has 140 valence electrons. The zero-order chi connectivity index (χ0) is 19.1. The van der Waals surface area contributed by atoms with Gasteiger partial charge in [-0.15, -0.1) is 0 Å². The number of benzene rings is 2. The fraction of sp³-hybridized carbons (Fsp3) is 0.182. The lowest BCUT2D eigenvalue weighted by Crippen LogP contribution is -2.33. The van der Waals surface area contributed by atoms with Crippen LogP contribution in [0.15, 0.2) is 72.1 Å². The van der Waals surface area contributed by atoms with E-state index in [2.05, 4.69) is 11.1 Å². The van der Waals surface area contributed by atoms with Crippen LogP contribution in [0.3, 0.4) is 0 Å². The Bertz CT molecular complexity index is 1040. The van der Waals surface area contributed by atoms with Gasteiger partial charge in [-0.05, 0) is 29.8 Å². The molecule has 2 aromatic carbocycles. The normalized spacial score (nSPS) is 20.1. The van der Waals surface area contributed by atoms with E-state index >= 15 is 0 Å². The summed E-state index contributed by atoms with van der Waals surface area (Å²) in [5.74, 6) is 1.50. The molecule has 2 atom stereocenters. The van der Waals surface area contributed by atoms with Gasteiger partial charge in [0, 0.05) is 35.0 Å². The number of hydrazone groups is 1. The molecular formula is C22H18ClN3O2. The maximum Gasteiger partial charge on any atom is 0.215 e. The Morgan fingerprint density at radius 3 is 2.71 bits per heavy atom. The molecule has 2 aliphatic heterocycles. The van der Waals surface area contributed by atoms with E-state index in [1.165, 1.54) is 0 Å². The van der Waals surface area contributed by atoms with Gasteiger partial charge < -0.3 is 9.47 Å². The Kier molecular flexibility index (Phi) is 4.17. The van der Waals surface area contributed by atoms with Crippen molar-refractivity contribution >= 4 is 17.3 Å². The van der Waals surface area contributed by atoms with E-state index < -0.39 is 0 Å². The van der Waals surface area contributed by atoms with E-state index in [1.54, 1.807) is 13.3 Å². The highest BCUT2D eigenvalue weighted by molar-refractivity contribution is 6.30. The maximum atomic E-state index is 6.39. The Labute approximate surface area is 168 Å².